The Labute approximate surface area is 367 Å². The first kappa shape index (κ1) is 57.1. The molecule has 0 radical (unpaired) electrons. The highest BCUT2D eigenvalue weighted by Gasteiger charge is 2.44. The Morgan fingerprint density at radius 2 is 0.867 bits per heavy atom. The first-order chi connectivity index (χ1) is 29.2. The maximum absolute atomic E-state index is 13.1. The van der Waals surface area contributed by atoms with Crippen LogP contribution in [0, 0.1) is 0 Å². The summed E-state index contributed by atoms with van der Waals surface area (Å²) in [5.41, 5.74) is 0. The lowest BCUT2D eigenvalue weighted by Crippen LogP contribution is -2.60. The van der Waals surface area contributed by atoms with Gasteiger partial charge in [0.15, 0.2) is 6.29 Å². The lowest BCUT2D eigenvalue weighted by atomic mass is 9.98. The molecule has 1 aliphatic rings. The van der Waals surface area contributed by atoms with Crippen LogP contribution in [0.25, 0.3) is 0 Å². The monoisotopic (exact) mass is 860 g/mol. The fraction of sp³-hybridized carbons (Fsp3) is 0.980. The molecule has 60 heavy (non-hydrogen) atoms. The Morgan fingerprint density at radius 1 is 0.517 bits per heavy atom. The van der Waals surface area contributed by atoms with Crippen molar-refractivity contribution >= 4 is 5.91 Å². The molecule has 358 valence electrons. The van der Waals surface area contributed by atoms with Gasteiger partial charge in [-0.2, -0.15) is 0 Å². The Hall–Kier alpha value is -0.890. The third-order valence-electron chi connectivity index (χ3n) is 12.7. The van der Waals surface area contributed by atoms with Gasteiger partial charge in [-0.3, -0.25) is 4.79 Å². The van der Waals surface area contributed by atoms with E-state index in [0.717, 1.165) is 38.5 Å². The van der Waals surface area contributed by atoms with Gasteiger partial charge in [0.05, 0.1) is 25.4 Å². The number of unbranched alkanes of at least 4 members (excludes halogenated alkanes) is 31. The van der Waals surface area contributed by atoms with E-state index in [-0.39, 0.29) is 6.42 Å². The Kier molecular flexibility index (Phi) is 37.8. The number of ether oxygens (including phenoxy) is 2. The first-order valence-electron chi connectivity index (χ1n) is 25.4. The zero-order valence-electron chi connectivity index (χ0n) is 38.7. The van der Waals surface area contributed by atoms with Crippen molar-refractivity contribution in [1.29, 1.82) is 0 Å². The smallest absolute Gasteiger partial charge is 0.249 e. The minimum Gasteiger partial charge on any atom is -0.394 e. The fourth-order valence-corrected chi connectivity index (χ4v) is 8.44. The lowest BCUT2D eigenvalue weighted by molar-refractivity contribution is -0.303. The highest BCUT2D eigenvalue weighted by molar-refractivity contribution is 5.80. The second-order valence-electron chi connectivity index (χ2n) is 18.3. The highest BCUT2D eigenvalue weighted by Crippen LogP contribution is 2.23. The average Bonchev–Trinajstić information content (AvgIpc) is 3.25. The predicted molar refractivity (Wildman–Crippen MR) is 243 cm³/mol. The summed E-state index contributed by atoms with van der Waals surface area (Å²) >= 11 is 0. The molecule has 8 N–H and O–H groups in total. The lowest BCUT2D eigenvalue weighted by Gasteiger charge is -2.40. The maximum atomic E-state index is 13.1. The van der Waals surface area contributed by atoms with Crippen molar-refractivity contribution in [1.82, 2.24) is 5.32 Å². The van der Waals surface area contributed by atoms with Crippen LogP contribution < -0.4 is 5.32 Å². The van der Waals surface area contributed by atoms with Gasteiger partial charge in [-0.25, -0.2) is 0 Å². The van der Waals surface area contributed by atoms with Gasteiger partial charge in [0.2, 0.25) is 5.91 Å². The zero-order chi connectivity index (χ0) is 44.1. The van der Waals surface area contributed by atoms with E-state index in [0.29, 0.717) is 19.3 Å². The van der Waals surface area contributed by atoms with Crippen molar-refractivity contribution in [3.05, 3.63) is 0 Å². The molecule has 1 fully saturated rings. The van der Waals surface area contributed by atoms with Crippen molar-refractivity contribution in [2.75, 3.05) is 13.2 Å². The zero-order valence-corrected chi connectivity index (χ0v) is 38.7. The Morgan fingerprint density at radius 3 is 1.23 bits per heavy atom. The van der Waals surface area contributed by atoms with Crippen molar-refractivity contribution in [3.63, 3.8) is 0 Å². The van der Waals surface area contributed by atoms with E-state index in [4.69, 9.17) is 9.47 Å². The van der Waals surface area contributed by atoms with Crippen LogP contribution in [0.1, 0.15) is 239 Å². The summed E-state index contributed by atoms with van der Waals surface area (Å²) in [5, 5.41) is 75.8. The number of nitrogens with one attached hydrogen (secondary N) is 1. The topological polar surface area (TPSA) is 189 Å². The van der Waals surface area contributed by atoms with Gasteiger partial charge < -0.3 is 50.5 Å². The van der Waals surface area contributed by atoms with Gasteiger partial charge in [0.1, 0.15) is 36.6 Å². The Balaban J connectivity index is 2.36. The fourth-order valence-electron chi connectivity index (χ4n) is 8.44. The number of hydrogen-bond donors (Lipinski definition) is 8. The largest absolute Gasteiger partial charge is 0.394 e. The SMILES string of the molecule is CCCCCCCCCCCCCCCCCCCCCCCC(O)C(O)C(COC1OC(CO)C(O)C(O)C1O)NC(=O)C(O)CCCCCCCCCCCCCC. The van der Waals surface area contributed by atoms with Gasteiger partial charge in [-0.1, -0.05) is 226 Å². The molecule has 0 aliphatic carbocycles. The summed E-state index contributed by atoms with van der Waals surface area (Å²) in [7, 11) is 0. The standard InChI is InChI=1S/C49H97NO10/c1-3-5-7-9-11-13-15-17-18-19-20-21-22-23-24-25-27-28-30-32-34-36-41(52)44(54)40(39-59-49-47(57)46(56)45(55)43(38-51)60-49)50-48(58)42(53)37-35-33-31-29-26-16-14-12-10-8-6-4-2/h40-47,49,51-57H,3-39H2,1-2H3,(H,50,58). The minimum absolute atomic E-state index is 0.266. The van der Waals surface area contributed by atoms with Gasteiger partial charge in [0, 0.05) is 0 Å². The molecule has 9 unspecified atom stereocenters. The molecule has 1 saturated heterocycles. The quantitative estimate of drug-likeness (QED) is 0.0275. The van der Waals surface area contributed by atoms with Crippen molar-refractivity contribution in [2.45, 2.75) is 294 Å². The van der Waals surface area contributed by atoms with Crippen molar-refractivity contribution in [2.24, 2.45) is 0 Å². The molecule has 0 aromatic carbocycles. The van der Waals surface area contributed by atoms with E-state index >= 15 is 0 Å². The van der Waals surface area contributed by atoms with Crippen LogP contribution >= 0.6 is 0 Å². The number of rotatable bonds is 43. The number of aliphatic hydroxyl groups is 7. The average molecular weight is 860 g/mol. The summed E-state index contributed by atoms with van der Waals surface area (Å²) < 4.78 is 11.1. The van der Waals surface area contributed by atoms with Crippen molar-refractivity contribution in [3.8, 4) is 0 Å². The number of amides is 1. The molecule has 0 spiro atoms. The number of hydrogen-bond acceptors (Lipinski definition) is 10. The Bertz CT molecular complexity index is 944. The van der Waals surface area contributed by atoms with Crippen LogP contribution in [-0.4, -0.2) is 110 Å². The summed E-state index contributed by atoms with van der Waals surface area (Å²) in [5.74, 6) is -0.694. The minimum atomic E-state index is -1.66. The van der Waals surface area contributed by atoms with E-state index in [1.165, 1.54) is 161 Å². The third kappa shape index (κ3) is 28.7. The van der Waals surface area contributed by atoms with Crippen LogP contribution in [0.3, 0.4) is 0 Å². The molecule has 0 saturated carbocycles. The molecular formula is C49H97NO10. The van der Waals surface area contributed by atoms with Crippen LogP contribution in [-0.2, 0) is 14.3 Å². The molecule has 1 heterocycles. The van der Waals surface area contributed by atoms with Gasteiger partial charge in [-0.15, -0.1) is 0 Å². The number of carbonyl (C=O) groups is 1. The molecule has 0 bridgehead atoms. The molecule has 0 aromatic rings. The van der Waals surface area contributed by atoms with Crippen LogP contribution in [0.15, 0.2) is 0 Å². The van der Waals surface area contributed by atoms with Crippen LogP contribution in [0.5, 0.6) is 0 Å². The van der Waals surface area contributed by atoms with E-state index in [9.17, 15) is 40.5 Å². The second-order valence-corrected chi connectivity index (χ2v) is 18.3. The second kappa shape index (κ2) is 39.7. The third-order valence-corrected chi connectivity index (χ3v) is 12.7. The van der Waals surface area contributed by atoms with Gasteiger partial charge >= 0.3 is 0 Å². The molecule has 1 rings (SSSR count). The van der Waals surface area contributed by atoms with E-state index < -0.39 is 74.2 Å². The number of aliphatic hydroxyl groups excluding tert-OH is 7. The van der Waals surface area contributed by atoms with Crippen LogP contribution in [0.2, 0.25) is 0 Å². The van der Waals surface area contributed by atoms with Crippen molar-refractivity contribution < 1.29 is 50.0 Å². The molecule has 11 heteroatoms. The van der Waals surface area contributed by atoms with E-state index in [1.807, 2.05) is 0 Å². The van der Waals surface area contributed by atoms with Gasteiger partial charge in [0.25, 0.3) is 0 Å². The predicted octanol–water partition coefficient (Wildman–Crippen LogP) is 9.06. The normalized spacial score (nSPS) is 21.5. The molecule has 11 nitrogen and oxygen atoms in total. The van der Waals surface area contributed by atoms with E-state index in [1.54, 1.807) is 0 Å². The summed E-state index contributed by atoms with van der Waals surface area (Å²) in [6.45, 7) is 3.46. The molecular weight excluding hydrogens is 763 g/mol. The highest BCUT2D eigenvalue weighted by atomic mass is 16.7. The first-order valence-corrected chi connectivity index (χ1v) is 25.4. The molecule has 9 atom stereocenters. The van der Waals surface area contributed by atoms with Gasteiger partial charge in [-0.05, 0) is 12.8 Å². The maximum Gasteiger partial charge on any atom is 0.249 e. The molecule has 0 aromatic heterocycles. The summed E-state index contributed by atoms with van der Waals surface area (Å²) in [6, 6.07) is -1.16. The summed E-state index contributed by atoms with van der Waals surface area (Å²) in [6.07, 6.45) is 30.1. The van der Waals surface area contributed by atoms with E-state index in [2.05, 4.69) is 19.2 Å². The number of carbonyl (C=O) groups excluding carboxylic acids is 1. The molecule has 1 amide bonds. The van der Waals surface area contributed by atoms with Crippen LogP contribution in [0.4, 0.5) is 0 Å². The summed E-state index contributed by atoms with van der Waals surface area (Å²) in [4.78, 5) is 13.1. The molecule has 1 aliphatic heterocycles.